The number of carbonyl (C=O) groups excluding carboxylic acids is 2. The zero-order chi connectivity index (χ0) is 25.8. The standard InChI is InChI=1S/C28H25F2NO5/c1-3-36-24-15-18(10-14-23(24)35-2)26-25(22(32)13-9-17-7-5-4-6-8-17)27(33)28(34)31(26)21-12-11-19(29)16-20(21)30/h4-8,10-12,14-16,26,33H,3,9,13H2,1-2H3. The Morgan fingerprint density at radius 1 is 1.03 bits per heavy atom. The van der Waals surface area contributed by atoms with Crippen LogP contribution in [-0.2, 0) is 16.0 Å². The minimum Gasteiger partial charge on any atom is -0.503 e. The van der Waals surface area contributed by atoms with Crippen LogP contribution in [0.25, 0.3) is 0 Å². The van der Waals surface area contributed by atoms with Crippen LogP contribution >= 0.6 is 0 Å². The molecule has 0 radical (unpaired) electrons. The topological polar surface area (TPSA) is 76.1 Å². The number of aliphatic hydroxyl groups is 1. The van der Waals surface area contributed by atoms with E-state index in [1.54, 1.807) is 25.1 Å². The molecule has 0 saturated heterocycles. The average Bonchev–Trinajstić information content (AvgIpc) is 3.13. The maximum atomic E-state index is 14.8. The number of hydrogen-bond donors (Lipinski definition) is 1. The number of hydrogen-bond acceptors (Lipinski definition) is 5. The summed E-state index contributed by atoms with van der Waals surface area (Å²) in [5.74, 6) is -3.23. The summed E-state index contributed by atoms with van der Waals surface area (Å²) in [6.07, 6.45) is 0.399. The summed E-state index contributed by atoms with van der Waals surface area (Å²) in [7, 11) is 1.47. The van der Waals surface area contributed by atoms with Gasteiger partial charge in [-0.15, -0.1) is 0 Å². The molecular weight excluding hydrogens is 468 g/mol. The molecule has 3 aromatic rings. The van der Waals surface area contributed by atoms with E-state index in [4.69, 9.17) is 9.47 Å². The Hall–Kier alpha value is -4.20. The lowest BCUT2D eigenvalue weighted by molar-refractivity contribution is -0.118. The van der Waals surface area contributed by atoms with Crippen LogP contribution in [0.3, 0.4) is 0 Å². The lowest BCUT2D eigenvalue weighted by atomic mass is 9.92. The number of ether oxygens (including phenoxy) is 2. The summed E-state index contributed by atoms with van der Waals surface area (Å²) in [5, 5.41) is 10.8. The second-order valence-corrected chi connectivity index (χ2v) is 8.19. The second-order valence-electron chi connectivity index (χ2n) is 8.19. The number of halogens is 2. The van der Waals surface area contributed by atoms with Gasteiger partial charge in [0.25, 0.3) is 5.91 Å². The minimum atomic E-state index is -1.16. The number of amides is 1. The highest BCUT2D eigenvalue weighted by Gasteiger charge is 2.45. The van der Waals surface area contributed by atoms with E-state index < -0.39 is 35.1 Å². The second kappa shape index (κ2) is 10.6. The van der Waals surface area contributed by atoms with Crippen molar-refractivity contribution in [3.63, 3.8) is 0 Å². The number of benzene rings is 3. The number of methoxy groups -OCH3 is 1. The van der Waals surface area contributed by atoms with Crippen molar-refractivity contribution in [1.29, 1.82) is 0 Å². The van der Waals surface area contributed by atoms with Gasteiger partial charge in [-0.25, -0.2) is 8.78 Å². The molecular formula is C28H25F2NO5. The van der Waals surface area contributed by atoms with Crippen LogP contribution in [0.5, 0.6) is 11.5 Å². The van der Waals surface area contributed by atoms with Crippen LogP contribution in [0.4, 0.5) is 14.5 Å². The molecule has 4 rings (SSSR count). The molecule has 0 aromatic heterocycles. The molecule has 1 unspecified atom stereocenters. The minimum absolute atomic E-state index is 0.0153. The molecule has 1 aliphatic rings. The average molecular weight is 494 g/mol. The quantitative estimate of drug-likeness (QED) is 0.428. The van der Waals surface area contributed by atoms with Gasteiger partial charge in [-0.2, -0.15) is 0 Å². The SMILES string of the molecule is CCOc1cc(C2C(C(=O)CCc3ccccc3)=C(O)C(=O)N2c2ccc(F)cc2F)ccc1OC. The zero-order valence-corrected chi connectivity index (χ0v) is 19.8. The van der Waals surface area contributed by atoms with Crippen molar-refractivity contribution in [2.75, 3.05) is 18.6 Å². The maximum Gasteiger partial charge on any atom is 0.294 e. The molecule has 0 bridgehead atoms. The summed E-state index contributed by atoms with van der Waals surface area (Å²) in [6, 6.07) is 15.7. The molecule has 1 aliphatic heterocycles. The van der Waals surface area contributed by atoms with Crippen molar-refractivity contribution >= 4 is 17.4 Å². The van der Waals surface area contributed by atoms with Gasteiger partial charge in [-0.05, 0) is 48.7 Å². The molecule has 0 saturated carbocycles. The van der Waals surface area contributed by atoms with E-state index in [1.807, 2.05) is 30.3 Å². The molecule has 1 N–H and O–H groups in total. The Morgan fingerprint density at radius 3 is 2.44 bits per heavy atom. The Kier molecular flexibility index (Phi) is 7.33. The van der Waals surface area contributed by atoms with Crippen LogP contribution in [0.15, 0.2) is 78.1 Å². The van der Waals surface area contributed by atoms with E-state index in [0.29, 0.717) is 36.2 Å². The molecule has 6 nitrogen and oxygen atoms in total. The van der Waals surface area contributed by atoms with Gasteiger partial charge in [0.05, 0.1) is 31.0 Å². The fraction of sp³-hybridized carbons (Fsp3) is 0.214. The molecule has 3 aromatic carbocycles. The molecule has 1 atom stereocenters. The number of rotatable bonds is 9. The lowest BCUT2D eigenvalue weighted by Gasteiger charge is -2.28. The number of anilines is 1. The fourth-order valence-corrected chi connectivity index (χ4v) is 4.30. The molecule has 8 heteroatoms. The number of aliphatic hydroxyl groups excluding tert-OH is 1. The molecule has 186 valence electrons. The first-order valence-corrected chi connectivity index (χ1v) is 11.4. The van der Waals surface area contributed by atoms with Crippen LogP contribution < -0.4 is 14.4 Å². The van der Waals surface area contributed by atoms with Gasteiger partial charge < -0.3 is 14.6 Å². The van der Waals surface area contributed by atoms with Crippen LogP contribution in [-0.4, -0.2) is 30.5 Å². The summed E-state index contributed by atoms with van der Waals surface area (Å²) >= 11 is 0. The Labute approximate surface area is 207 Å². The van der Waals surface area contributed by atoms with Crippen molar-refractivity contribution in [3.05, 3.63) is 101 Å². The van der Waals surface area contributed by atoms with E-state index in [-0.39, 0.29) is 17.7 Å². The molecule has 1 amide bonds. The normalized spacial score (nSPS) is 15.4. The van der Waals surface area contributed by atoms with E-state index in [9.17, 15) is 23.5 Å². The summed E-state index contributed by atoms with van der Waals surface area (Å²) in [5.41, 5.74) is 0.879. The lowest BCUT2D eigenvalue weighted by Crippen LogP contribution is -2.32. The summed E-state index contributed by atoms with van der Waals surface area (Å²) in [6.45, 7) is 2.11. The first-order valence-electron chi connectivity index (χ1n) is 11.4. The molecule has 1 heterocycles. The predicted octanol–water partition coefficient (Wildman–Crippen LogP) is 5.47. The van der Waals surface area contributed by atoms with Crippen molar-refractivity contribution < 1.29 is 33.0 Å². The third-order valence-electron chi connectivity index (χ3n) is 5.96. The van der Waals surface area contributed by atoms with Crippen LogP contribution in [0.2, 0.25) is 0 Å². The predicted molar refractivity (Wildman–Crippen MR) is 130 cm³/mol. The van der Waals surface area contributed by atoms with E-state index in [2.05, 4.69) is 0 Å². The Morgan fingerprint density at radius 2 is 1.78 bits per heavy atom. The largest absolute Gasteiger partial charge is 0.503 e. The third-order valence-corrected chi connectivity index (χ3v) is 5.96. The molecule has 0 spiro atoms. The number of nitrogens with zero attached hydrogens (tertiary/aromatic N) is 1. The molecule has 0 fully saturated rings. The van der Waals surface area contributed by atoms with Crippen LogP contribution in [0.1, 0.15) is 30.5 Å². The van der Waals surface area contributed by atoms with Crippen LogP contribution in [0, 0.1) is 11.6 Å². The number of ketones is 1. The van der Waals surface area contributed by atoms with Gasteiger partial charge in [0.1, 0.15) is 11.6 Å². The first-order chi connectivity index (χ1) is 17.3. The van der Waals surface area contributed by atoms with E-state index >= 15 is 0 Å². The van der Waals surface area contributed by atoms with Gasteiger partial charge in [-0.1, -0.05) is 36.4 Å². The van der Waals surface area contributed by atoms with E-state index in [1.165, 1.54) is 7.11 Å². The first kappa shape index (κ1) is 24.9. The Bertz CT molecular complexity index is 1320. The maximum absolute atomic E-state index is 14.8. The highest BCUT2D eigenvalue weighted by Crippen LogP contribution is 2.44. The van der Waals surface area contributed by atoms with E-state index in [0.717, 1.165) is 22.6 Å². The van der Waals surface area contributed by atoms with Gasteiger partial charge in [-0.3, -0.25) is 14.5 Å². The fourth-order valence-electron chi connectivity index (χ4n) is 4.30. The summed E-state index contributed by atoms with van der Waals surface area (Å²) in [4.78, 5) is 27.6. The Balaban J connectivity index is 1.80. The van der Waals surface area contributed by atoms with Crippen molar-refractivity contribution in [2.45, 2.75) is 25.8 Å². The van der Waals surface area contributed by atoms with Crippen molar-refractivity contribution in [1.82, 2.24) is 0 Å². The number of aryl methyl sites for hydroxylation is 1. The van der Waals surface area contributed by atoms with Gasteiger partial charge in [0, 0.05) is 12.5 Å². The molecule has 36 heavy (non-hydrogen) atoms. The molecule has 0 aliphatic carbocycles. The van der Waals surface area contributed by atoms with Gasteiger partial charge in [0.2, 0.25) is 0 Å². The van der Waals surface area contributed by atoms with Gasteiger partial charge in [0.15, 0.2) is 23.0 Å². The third kappa shape index (κ3) is 4.79. The highest BCUT2D eigenvalue weighted by atomic mass is 19.1. The smallest absolute Gasteiger partial charge is 0.294 e. The van der Waals surface area contributed by atoms with Crippen molar-refractivity contribution in [3.8, 4) is 11.5 Å². The van der Waals surface area contributed by atoms with Gasteiger partial charge >= 0.3 is 0 Å². The number of carbonyl (C=O) groups is 2. The van der Waals surface area contributed by atoms with Crippen molar-refractivity contribution in [2.24, 2.45) is 0 Å². The summed E-state index contributed by atoms with van der Waals surface area (Å²) < 4.78 is 39.4. The number of Topliss-reactive ketones (excluding diaryl/α,β-unsaturated/α-hetero) is 1. The zero-order valence-electron chi connectivity index (χ0n) is 19.8. The highest BCUT2D eigenvalue weighted by molar-refractivity contribution is 6.16. The monoisotopic (exact) mass is 493 g/mol.